The van der Waals surface area contributed by atoms with Crippen LogP contribution >= 0.6 is 11.3 Å². The monoisotopic (exact) mass is 281 g/mol. The van der Waals surface area contributed by atoms with E-state index >= 15 is 0 Å². The van der Waals surface area contributed by atoms with Crippen molar-refractivity contribution in [3.63, 3.8) is 0 Å². The molecule has 5 heteroatoms. The third-order valence-corrected chi connectivity index (χ3v) is 4.64. The zero-order chi connectivity index (χ0) is 13.7. The first kappa shape index (κ1) is 14.5. The van der Waals surface area contributed by atoms with Gasteiger partial charge in [0.15, 0.2) is 5.13 Å². The van der Waals surface area contributed by atoms with Crippen LogP contribution in [0, 0.1) is 5.92 Å². The van der Waals surface area contributed by atoms with Gasteiger partial charge in [0.2, 0.25) is 5.91 Å². The number of anilines is 1. The van der Waals surface area contributed by atoms with Crippen LogP contribution in [0.15, 0.2) is 5.38 Å². The van der Waals surface area contributed by atoms with Crippen molar-refractivity contribution in [3.05, 3.63) is 11.1 Å². The zero-order valence-electron chi connectivity index (χ0n) is 11.8. The molecule has 1 amide bonds. The van der Waals surface area contributed by atoms with E-state index in [9.17, 15) is 4.79 Å². The summed E-state index contributed by atoms with van der Waals surface area (Å²) < 4.78 is 0. The quantitative estimate of drug-likeness (QED) is 0.782. The van der Waals surface area contributed by atoms with Crippen molar-refractivity contribution in [3.8, 4) is 0 Å². The molecule has 1 heterocycles. The molecule has 1 aliphatic carbocycles. The minimum atomic E-state index is 0.0568. The lowest BCUT2D eigenvalue weighted by Gasteiger charge is -2.25. The molecule has 106 valence electrons. The van der Waals surface area contributed by atoms with Gasteiger partial charge >= 0.3 is 0 Å². The Morgan fingerprint density at radius 3 is 2.95 bits per heavy atom. The molecular formula is C14H23N3OS. The highest BCUT2D eigenvalue weighted by molar-refractivity contribution is 7.14. The highest BCUT2D eigenvalue weighted by Crippen LogP contribution is 2.28. The first-order chi connectivity index (χ1) is 9.20. The van der Waals surface area contributed by atoms with Crippen molar-refractivity contribution in [2.45, 2.75) is 46.1 Å². The minimum Gasteiger partial charge on any atom is -0.311 e. The van der Waals surface area contributed by atoms with E-state index in [2.05, 4.69) is 10.3 Å². The number of nitrogens with zero attached hydrogens (tertiary/aromatic N) is 2. The average molecular weight is 281 g/mol. The Bertz CT molecular complexity index is 415. The lowest BCUT2D eigenvalue weighted by molar-refractivity contribution is -0.116. The normalized spacial score (nSPS) is 15.3. The summed E-state index contributed by atoms with van der Waals surface area (Å²) in [6.07, 6.45) is 5.52. The molecule has 1 aromatic heterocycles. The molecule has 0 saturated heterocycles. The molecule has 4 nitrogen and oxygen atoms in total. The van der Waals surface area contributed by atoms with Crippen LogP contribution in [0.1, 0.15) is 45.2 Å². The molecule has 0 aliphatic heterocycles. The molecule has 2 rings (SSSR count). The molecule has 19 heavy (non-hydrogen) atoms. The van der Waals surface area contributed by atoms with Gasteiger partial charge < -0.3 is 5.32 Å². The van der Waals surface area contributed by atoms with Crippen LogP contribution in [0.25, 0.3) is 0 Å². The summed E-state index contributed by atoms with van der Waals surface area (Å²) in [5.74, 6) is 1.01. The smallest absolute Gasteiger partial charge is 0.225 e. The lowest BCUT2D eigenvalue weighted by atomic mass is 9.83. The van der Waals surface area contributed by atoms with Gasteiger partial charge in [-0.2, -0.15) is 0 Å². The molecule has 1 N–H and O–H groups in total. The predicted octanol–water partition coefficient (Wildman–Crippen LogP) is 2.80. The third kappa shape index (κ3) is 4.01. The van der Waals surface area contributed by atoms with E-state index in [1.54, 1.807) is 23.2 Å². The van der Waals surface area contributed by atoms with E-state index in [0.717, 1.165) is 29.8 Å². The Kier molecular flexibility index (Phi) is 5.34. The summed E-state index contributed by atoms with van der Waals surface area (Å²) in [5.41, 5.74) is 1.04. The Morgan fingerprint density at radius 1 is 1.58 bits per heavy atom. The molecule has 0 bridgehead atoms. The number of rotatable bonds is 7. The maximum atomic E-state index is 11.4. The molecule has 1 aliphatic rings. The van der Waals surface area contributed by atoms with Crippen LogP contribution in [0.3, 0.4) is 0 Å². The number of thiazole rings is 1. The van der Waals surface area contributed by atoms with E-state index in [4.69, 9.17) is 0 Å². The number of carbonyl (C=O) groups excluding carboxylic acids is 1. The van der Waals surface area contributed by atoms with E-state index in [1.165, 1.54) is 25.7 Å². The van der Waals surface area contributed by atoms with Crippen LogP contribution in [-0.4, -0.2) is 24.0 Å². The van der Waals surface area contributed by atoms with Crippen LogP contribution in [0.5, 0.6) is 0 Å². The number of nitrogens with one attached hydrogen (secondary N) is 1. The number of aromatic nitrogens is 1. The maximum absolute atomic E-state index is 11.4. The van der Waals surface area contributed by atoms with E-state index in [-0.39, 0.29) is 5.91 Å². The van der Waals surface area contributed by atoms with Gasteiger partial charge in [0.25, 0.3) is 0 Å². The number of hydrogen-bond donors (Lipinski definition) is 1. The molecular weight excluding hydrogens is 258 g/mol. The lowest BCUT2D eigenvalue weighted by Crippen LogP contribution is -2.27. The fourth-order valence-electron chi connectivity index (χ4n) is 2.30. The van der Waals surface area contributed by atoms with Crippen molar-refractivity contribution < 1.29 is 4.79 Å². The number of carbonyl (C=O) groups is 1. The summed E-state index contributed by atoms with van der Waals surface area (Å²) >= 11 is 1.54. The molecule has 0 radical (unpaired) electrons. The molecule has 1 aromatic rings. The standard InChI is InChI=1S/C14H23N3OS/c1-3-17(11(2)18)14-16-13(10-19-14)9-15-8-7-12-5-4-6-12/h10,12,15H,3-9H2,1-2H3. The summed E-state index contributed by atoms with van der Waals surface area (Å²) in [7, 11) is 0. The third-order valence-electron chi connectivity index (χ3n) is 3.73. The molecule has 0 unspecified atom stereocenters. The van der Waals surface area contributed by atoms with Crippen molar-refractivity contribution in [2.75, 3.05) is 18.0 Å². The van der Waals surface area contributed by atoms with Gasteiger partial charge in [-0.15, -0.1) is 11.3 Å². The van der Waals surface area contributed by atoms with Gasteiger partial charge in [0.05, 0.1) is 5.69 Å². The summed E-state index contributed by atoms with van der Waals surface area (Å²) in [4.78, 5) is 17.7. The minimum absolute atomic E-state index is 0.0568. The van der Waals surface area contributed by atoms with Crippen molar-refractivity contribution >= 4 is 22.4 Å². The second kappa shape index (κ2) is 7.01. The van der Waals surface area contributed by atoms with Gasteiger partial charge in [0.1, 0.15) is 0 Å². The summed E-state index contributed by atoms with van der Waals surface area (Å²) in [5, 5.41) is 6.29. The molecule has 0 atom stereocenters. The predicted molar refractivity (Wildman–Crippen MR) is 79.5 cm³/mol. The Hall–Kier alpha value is -0.940. The van der Waals surface area contributed by atoms with Crippen LogP contribution < -0.4 is 10.2 Å². The van der Waals surface area contributed by atoms with Crippen LogP contribution in [-0.2, 0) is 11.3 Å². The largest absolute Gasteiger partial charge is 0.311 e. The molecule has 0 aromatic carbocycles. The van der Waals surface area contributed by atoms with Gasteiger partial charge in [-0.3, -0.25) is 9.69 Å². The zero-order valence-corrected chi connectivity index (χ0v) is 12.6. The van der Waals surface area contributed by atoms with Crippen molar-refractivity contribution in [2.24, 2.45) is 5.92 Å². The first-order valence-corrected chi connectivity index (χ1v) is 8.02. The average Bonchev–Trinajstić information content (AvgIpc) is 2.75. The SMILES string of the molecule is CCN(C(C)=O)c1nc(CNCCC2CCC2)cs1. The Morgan fingerprint density at radius 2 is 2.37 bits per heavy atom. The molecule has 1 saturated carbocycles. The fourth-order valence-corrected chi connectivity index (χ4v) is 3.23. The van der Waals surface area contributed by atoms with Gasteiger partial charge in [0, 0.05) is 25.4 Å². The fraction of sp³-hybridized carbons (Fsp3) is 0.714. The number of amides is 1. The van der Waals surface area contributed by atoms with E-state index in [1.807, 2.05) is 12.3 Å². The summed E-state index contributed by atoms with van der Waals surface area (Å²) in [6.45, 7) is 6.11. The second-order valence-corrected chi connectivity index (χ2v) is 5.98. The Labute approximate surface area is 119 Å². The van der Waals surface area contributed by atoms with Crippen LogP contribution in [0.2, 0.25) is 0 Å². The Balaban J connectivity index is 1.74. The van der Waals surface area contributed by atoms with Crippen LogP contribution in [0.4, 0.5) is 5.13 Å². The summed E-state index contributed by atoms with van der Waals surface area (Å²) in [6, 6.07) is 0. The van der Waals surface area contributed by atoms with Gasteiger partial charge in [-0.1, -0.05) is 19.3 Å². The van der Waals surface area contributed by atoms with Crippen molar-refractivity contribution in [1.29, 1.82) is 0 Å². The molecule has 1 fully saturated rings. The van der Waals surface area contributed by atoms with E-state index in [0.29, 0.717) is 6.54 Å². The molecule has 0 spiro atoms. The van der Waals surface area contributed by atoms with E-state index < -0.39 is 0 Å². The highest BCUT2D eigenvalue weighted by Gasteiger charge is 2.16. The van der Waals surface area contributed by atoms with Gasteiger partial charge in [-0.05, 0) is 25.8 Å². The number of hydrogen-bond acceptors (Lipinski definition) is 4. The second-order valence-electron chi connectivity index (χ2n) is 5.15. The van der Waals surface area contributed by atoms with Crippen molar-refractivity contribution in [1.82, 2.24) is 10.3 Å². The highest BCUT2D eigenvalue weighted by atomic mass is 32.1. The topological polar surface area (TPSA) is 45.2 Å². The first-order valence-electron chi connectivity index (χ1n) is 7.14. The van der Waals surface area contributed by atoms with Gasteiger partial charge in [-0.25, -0.2) is 4.98 Å². The maximum Gasteiger partial charge on any atom is 0.225 e.